The maximum absolute atomic E-state index is 5.83. The molecule has 14 heavy (non-hydrogen) atoms. The van der Waals surface area contributed by atoms with Gasteiger partial charge in [-0.15, -0.1) is 0 Å². The molecule has 0 bridgehead atoms. The Morgan fingerprint density at radius 3 is 2.36 bits per heavy atom. The van der Waals surface area contributed by atoms with E-state index in [1.54, 1.807) is 14.2 Å². The van der Waals surface area contributed by atoms with Gasteiger partial charge in [0.05, 0.1) is 14.2 Å². The molecule has 2 nitrogen and oxygen atoms in total. The number of hydrogen-bond donors (Lipinski definition) is 0. The molecule has 0 aliphatic heterocycles. The molecule has 0 aromatic heterocycles. The number of benzene rings is 1. The van der Waals surface area contributed by atoms with Crippen LogP contribution in [0.15, 0.2) is 18.2 Å². The Balaban J connectivity index is 3.07. The molecule has 0 saturated heterocycles. The minimum absolute atomic E-state index is 0.710. The SMILES string of the molecule is [CH]=C(CC)c1ccc(OC)c(OC)c1. The Bertz CT molecular complexity index is 329. The van der Waals surface area contributed by atoms with Crippen LogP contribution in [0.1, 0.15) is 18.9 Å². The number of methoxy groups -OCH3 is 2. The van der Waals surface area contributed by atoms with Gasteiger partial charge in [-0.1, -0.05) is 19.6 Å². The summed E-state index contributed by atoms with van der Waals surface area (Å²) in [6.45, 7) is 7.85. The fourth-order valence-corrected chi connectivity index (χ4v) is 1.24. The Morgan fingerprint density at radius 2 is 1.86 bits per heavy atom. The molecule has 0 atom stereocenters. The van der Waals surface area contributed by atoms with Crippen molar-refractivity contribution in [2.45, 2.75) is 13.3 Å². The molecule has 75 valence electrons. The van der Waals surface area contributed by atoms with Crippen LogP contribution in [-0.2, 0) is 0 Å². The maximum atomic E-state index is 5.83. The summed E-state index contributed by atoms with van der Waals surface area (Å²) in [7, 11) is 3.23. The molecule has 0 N–H and O–H groups in total. The smallest absolute Gasteiger partial charge is 0.161 e. The van der Waals surface area contributed by atoms with Crippen molar-refractivity contribution in [3.05, 3.63) is 30.3 Å². The second-order valence-corrected chi connectivity index (χ2v) is 2.95. The molecule has 1 radical (unpaired) electrons. The van der Waals surface area contributed by atoms with E-state index >= 15 is 0 Å². The summed E-state index contributed by atoms with van der Waals surface area (Å²) >= 11 is 0. The van der Waals surface area contributed by atoms with Gasteiger partial charge < -0.3 is 9.47 Å². The molecular formula is C12H15O2. The van der Waals surface area contributed by atoms with Crippen LogP contribution in [-0.4, -0.2) is 14.2 Å². The van der Waals surface area contributed by atoms with Crippen LogP contribution in [0.5, 0.6) is 11.5 Å². The molecule has 0 heterocycles. The second-order valence-electron chi connectivity index (χ2n) is 2.95. The standard InChI is InChI=1S/C12H15O2/c1-5-9(2)10-6-7-11(13-3)12(8-10)14-4/h2,6-8H,5H2,1,3-4H3. The van der Waals surface area contributed by atoms with E-state index in [9.17, 15) is 0 Å². The fourth-order valence-electron chi connectivity index (χ4n) is 1.24. The summed E-state index contributed by atoms with van der Waals surface area (Å²) in [5, 5.41) is 0. The van der Waals surface area contributed by atoms with Crippen LogP contribution < -0.4 is 9.47 Å². The van der Waals surface area contributed by atoms with Crippen molar-refractivity contribution in [2.24, 2.45) is 0 Å². The van der Waals surface area contributed by atoms with Gasteiger partial charge >= 0.3 is 0 Å². The van der Waals surface area contributed by atoms with Gasteiger partial charge in [0.25, 0.3) is 0 Å². The van der Waals surface area contributed by atoms with E-state index < -0.39 is 0 Å². The van der Waals surface area contributed by atoms with Gasteiger partial charge in [-0.05, 0) is 29.7 Å². The van der Waals surface area contributed by atoms with E-state index in [1.807, 2.05) is 25.1 Å². The van der Waals surface area contributed by atoms with Crippen molar-refractivity contribution < 1.29 is 9.47 Å². The Hall–Kier alpha value is -1.44. The molecule has 0 fully saturated rings. The molecule has 0 aliphatic rings. The minimum Gasteiger partial charge on any atom is -0.493 e. The number of hydrogen-bond acceptors (Lipinski definition) is 2. The van der Waals surface area contributed by atoms with Crippen molar-refractivity contribution >= 4 is 5.57 Å². The summed E-state index contributed by atoms with van der Waals surface area (Å²) in [5.74, 6) is 1.43. The van der Waals surface area contributed by atoms with Gasteiger partial charge in [-0.2, -0.15) is 0 Å². The van der Waals surface area contributed by atoms with Crippen LogP contribution in [0.3, 0.4) is 0 Å². The predicted octanol–water partition coefficient (Wildman–Crippen LogP) is 2.93. The first-order valence-corrected chi connectivity index (χ1v) is 4.56. The summed E-state index contributed by atoms with van der Waals surface area (Å²) in [4.78, 5) is 0. The lowest BCUT2D eigenvalue weighted by Crippen LogP contribution is -1.91. The average Bonchev–Trinajstić information content (AvgIpc) is 2.26. The molecule has 1 rings (SSSR count). The summed E-state index contributed by atoms with van der Waals surface area (Å²) < 4.78 is 10.3. The van der Waals surface area contributed by atoms with Gasteiger partial charge in [0.15, 0.2) is 11.5 Å². The first kappa shape index (κ1) is 10.6. The predicted molar refractivity (Wildman–Crippen MR) is 57.5 cm³/mol. The van der Waals surface area contributed by atoms with Gasteiger partial charge in [0.1, 0.15) is 0 Å². The Labute approximate surface area is 85.2 Å². The zero-order chi connectivity index (χ0) is 10.6. The molecule has 2 heteroatoms. The van der Waals surface area contributed by atoms with Crippen molar-refractivity contribution in [1.82, 2.24) is 0 Å². The van der Waals surface area contributed by atoms with Crippen molar-refractivity contribution in [3.8, 4) is 11.5 Å². The van der Waals surface area contributed by atoms with E-state index in [4.69, 9.17) is 16.1 Å². The topological polar surface area (TPSA) is 18.5 Å². The zero-order valence-electron chi connectivity index (χ0n) is 8.83. The molecular weight excluding hydrogens is 176 g/mol. The highest BCUT2D eigenvalue weighted by Crippen LogP contribution is 2.30. The maximum Gasteiger partial charge on any atom is 0.161 e. The average molecular weight is 191 g/mol. The molecule has 0 aliphatic carbocycles. The minimum atomic E-state index is 0.710. The molecule has 0 amide bonds. The van der Waals surface area contributed by atoms with Crippen LogP contribution in [0.4, 0.5) is 0 Å². The highest BCUT2D eigenvalue weighted by Gasteiger charge is 2.05. The van der Waals surface area contributed by atoms with E-state index in [2.05, 4.69) is 0 Å². The molecule has 0 saturated carbocycles. The fraction of sp³-hybridized carbons (Fsp3) is 0.333. The molecule has 0 spiro atoms. The van der Waals surface area contributed by atoms with Crippen LogP contribution in [0, 0.1) is 6.58 Å². The lowest BCUT2D eigenvalue weighted by molar-refractivity contribution is 0.355. The highest BCUT2D eigenvalue weighted by molar-refractivity contribution is 5.64. The third kappa shape index (κ3) is 2.08. The molecule has 1 aromatic carbocycles. The lowest BCUT2D eigenvalue weighted by Gasteiger charge is -2.09. The quantitative estimate of drug-likeness (QED) is 0.728. The first-order chi connectivity index (χ1) is 6.72. The monoisotopic (exact) mass is 191 g/mol. The normalized spacial score (nSPS) is 9.64. The van der Waals surface area contributed by atoms with Crippen molar-refractivity contribution in [2.75, 3.05) is 14.2 Å². The summed E-state index contributed by atoms with van der Waals surface area (Å²) in [5.41, 5.74) is 1.84. The summed E-state index contributed by atoms with van der Waals surface area (Å²) in [6, 6.07) is 5.68. The van der Waals surface area contributed by atoms with Gasteiger partial charge in [0, 0.05) is 0 Å². The third-order valence-corrected chi connectivity index (χ3v) is 2.14. The van der Waals surface area contributed by atoms with Gasteiger partial charge in [0.2, 0.25) is 0 Å². The highest BCUT2D eigenvalue weighted by atomic mass is 16.5. The van der Waals surface area contributed by atoms with Crippen LogP contribution in [0.2, 0.25) is 0 Å². The second kappa shape index (κ2) is 4.70. The zero-order valence-corrected chi connectivity index (χ0v) is 8.83. The van der Waals surface area contributed by atoms with Crippen LogP contribution in [0.25, 0.3) is 5.57 Å². The van der Waals surface area contributed by atoms with Crippen LogP contribution >= 0.6 is 0 Å². The molecule has 1 aromatic rings. The third-order valence-electron chi connectivity index (χ3n) is 2.14. The number of ether oxygens (including phenoxy) is 2. The lowest BCUT2D eigenvalue weighted by atomic mass is 10.1. The molecule has 0 unspecified atom stereocenters. The van der Waals surface area contributed by atoms with E-state index in [1.165, 1.54) is 0 Å². The number of allylic oxidation sites excluding steroid dienone is 1. The van der Waals surface area contributed by atoms with E-state index in [-0.39, 0.29) is 0 Å². The number of rotatable bonds is 4. The van der Waals surface area contributed by atoms with Gasteiger partial charge in [-0.25, -0.2) is 0 Å². The van der Waals surface area contributed by atoms with E-state index in [0.29, 0.717) is 5.75 Å². The Kier molecular flexibility index (Phi) is 3.57. The first-order valence-electron chi connectivity index (χ1n) is 4.56. The summed E-state index contributed by atoms with van der Waals surface area (Å²) in [6.07, 6.45) is 0.829. The van der Waals surface area contributed by atoms with Gasteiger partial charge in [-0.3, -0.25) is 0 Å². The van der Waals surface area contributed by atoms with Crippen molar-refractivity contribution in [1.29, 1.82) is 0 Å². The Morgan fingerprint density at radius 1 is 1.21 bits per heavy atom. The van der Waals surface area contributed by atoms with Crippen molar-refractivity contribution in [3.63, 3.8) is 0 Å². The largest absolute Gasteiger partial charge is 0.493 e. The van der Waals surface area contributed by atoms with E-state index in [0.717, 1.165) is 23.3 Å².